The first-order chi connectivity index (χ1) is 9.29. The Hall–Kier alpha value is -1.63. The number of rotatable bonds is 6. The first-order valence-electron chi connectivity index (χ1n) is 6.62. The van der Waals surface area contributed by atoms with Gasteiger partial charge in [0, 0.05) is 36.5 Å². The number of nitrogens with zero attached hydrogens (tertiary/aromatic N) is 4. The van der Waals surface area contributed by atoms with Gasteiger partial charge in [-0.25, -0.2) is 4.79 Å². The molecule has 19 heavy (non-hydrogen) atoms. The fraction of sp³-hybridized carbons (Fsp3) is 0.583. The van der Waals surface area contributed by atoms with Gasteiger partial charge in [-0.3, -0.25) is 9.13 Å². The summed E-state index contributed by atoms with van der Waals surface area (Å²) in [5.41, 5.74) is 0.894. The van der Waals surface area contributed by atoms with Crippen molar-refractivity contribution in [1.82, 2.24) is 18.7 Å². The van der Waals surface area contributed by atoms with E-state index in [1.54, 1.807) is 4.57 Å². The Morgan fingerprint density at radius 3 is 3.05 bits per heavy atom. The normalized spacial score (nSPS) is 14.8. The fourth-order valence-corrected chi connectivity index (χ4v) is 2.62. The van der Waals surface area contributed by atoms with Crippen LogP contribution in [-0.2, 0) is 6.54 Å². The van der Waals surface area contributed by atoms with Crippen LogP contribution in [0.3, 0.4) is 0 Å². The molecule has 0 aliphatic heterocycles. The van der Waals surface area contributed by atoms with E-state index >= 15 is 0 Å². The van der Waals surface area contributed by atoms with Crippen LogP contribution < -0.4 is 11.0 Å². The van der Waals surface area contributed by atoms with Crippen molar-refractivity contribution in [3.05, 3.63) is 28.6 Å². The molecule has 0 spiro atoms. The highest BCUT2D eigenvalue weighted by atomic mass is 32.1. The van der Waals surface area contributed by atoms with E-state index in [-0.39, 0.29) is 5.69 Å². The molecule has 6 nitrogen and oxygen atoms in total. The molecule has 2 aromatic rings. The Balaban J connectivity index is 1.77. The van der Waals surface area contributed by atoms with Gasteiger partial charge in [0.1, 0.15) is 10.7 Å². The predicted octanol–water partition coefficient (Wildman–Crippen LogP) is 1.71. The minimum atomic E-state index is 0.0527. The van der Waals surface area contributed by atoms with Crippen molar-refractivity contribution in [3.63, 3.8) is 0 Å². The molecule has 0 atom stereocenters. The SMILES string of the molecule is CCCNc1snnc1Cn1ccn(C2CC2)c1=O. The van der Waals surface area contributed by atoms with E-state index in [0.29, 0.717) is 12.6 Å². The van der Waals surface area contributed by atoms with Crippen LogP contribution >= 0.6 is 11.5 Å². The minimum absolute atomic E-state index is 0.0527. The predicted molar refractivity (Wildman–Crippen MR) is 74.8 cm³/mol. The van der Waals surface area contributed by atoms with Crippen molar-refractivity contribution in [2.45, 2.75) is 38.8 Å². The van der Waals surface area contributed by atoms with Gasteiger partial charge in [-0.2, -0.15) is 0 Å². The molecular formula is C12H17N5OS. The molecule has 2 aromatic heterocycles. The van der Waals surface area contributed by atoms with Gasteiger partial charge in [0.25, 0.3) is 0 Å². The average molecular weight is 279 g/mol. The number of hydrogen-bond donors (Lipinski definition) is 1. The van der Waals surface area contributed by atoms with Crippen LogP contribution in [0.25, 0.3) is 0 Å². The molecule has 1 N–H and O–H groups in total. The van der Waals surface area contributed by atoms with Crippen LogP contribution in [0.4, 0.5) is 5.00 Å². The number of aromatic nitrogens is 4. The lowest BCUT2D eigenvalue weighted by molar-refractivity contribution is 0.650. The van der Waals surface area contributed by atoms with Crippen molar-refractivity contribution in [2.75, 3.05) is 11.9 Å². The molecule has 0 bridgehead atoms. The maximum absolute atomic E-state index is 12.2. The lowest BCUT2D eigenvalue weighted by atomic mass is 10.4. The Labute approximate surface area is 115 Å². The third-order valence-corrected chi connectivity index (χ3v) is 3.95. The molecule has 1 saturated carbocycles. The van der Waals surface area contributed by atoms with Crippen LogP contribution in [0, 0.1) is 0 Å². The molecule has 0 radical (unpaired) electrons. The smallest absolute Gasteiger partial charge is 0.328 e. The Bertz CT molecular complexity index is 610. The van der Waals surface area contributed by atoms with Gasteiger partial charge >= 0.3 is 5.69 Å². The summed E-state index contributed by atoms with van der Waals surface area (Å²) in [6.07, 6.45) is 6.99. The van der Waals surface area contributed by atoms with E-state index < -0.39 is 0 Å². The van der Waals surface area contributed by atoms with Gasteiger partial charge in [0.2, 0.25) is 0 Å². The zero-order valence-corrected chi connectivity index (χ0v) is 11.7. The monoisotopic (exact) mass is 279 g/mol. The quantitative estimate of drug-likeness (QED) is 0.874. The van der Waals surface area contributed by atoms with Crippen molar-refractivity contribution >= 4 is 16.5 Å². The van der Waals surface area contributed by atoms with E-state index in [2.05, 4.69) is 21.8 Å². The second kappa shape index (κ2) is 5.16. The fourth-order valence-electron chi connectivity index (χ4n) is 2.03. The highest BCUT2D eigenvalue weighted by Gasteiger charge is 2.25. The Morgan fingerprint density at radius 1 is 1.47 bits per heavy atom. The molecule has 102 valence electrons. The van der Waals surface area contributed by atoms with E-state index in [4.69, 9.17) is 0 Å². The molecule has 1 aliphatic rings. The van der Waals surface area contributed by atoms with E-state index in [1.165, 1.54) is 11.5 Å². The van der Waals surface area contributed by atoms with Crippen molar-refractivity contribution in [1.29, 1.82) is 0 Å². The number of hydrogen-bond acceptors (Lipinski definition) is 5. The summed E-state index contributed by atoms with van der Waals surface area (Å²) in [4.78, 5) is 12.2. The van der Waals surface area contributed by atoms with Gasteiger partial charge in [0.15, 0.2) is 0 Å². The molecule has 1 fully saturated rings. The van der Waals surface area contributed by atoms with Gasteiger partial charge in [0.05, 0.1) is 6.54 Å². The largest absolute Gasteiger partial charge is 0.374 e. The van der Waals surface area contributed by atoms with Crippen LogP contribution in [0.5, 0.6) is 0 Å². The summed E-state index contributed by atoms with van der Waals surface area (Å²) in [5, 5.41) is 8.37. The third-order valence-electron chi connectivity index (χ3n) is 3.23. The lowest BCUT2D eigenvalue weighted by Crippen LogP contribution is -2.24. The first-order valence-corrected chi connectivity index (χ1v) is 7.39. The summed E-state index contributed by atoms with van der Waals surface area (Å²) in [7, 11) is 0. The van der Waals surface area contributed by atoms with E-state index in [9.17, 15) is 4.79 Å². The number of imidazole rings is 1. The van der Waals surface area contributed by atoms with Crippen LogP contribution in [0.2, 0.25) is 0 Å². The zero-order valence-electron chi connectivity index (χ0n) is 10.9. The van der Waals surface area contributed by atoms with Crippen LogP contribution in [0.1, 0.15) is 37.9 Å². The van der Waals surface area contributed by atoms with Gasteiger partial charge < -0.3 is 5.32 Å². The molecule has 7 heteroatoms. The average Bonchev–Trinajstić information content (AvgIpc) is 3.06. The Morgan fingerprint density at radius 2 is 2.32 bits per heavy atom. The second-order valence-electron chi connectivity index (χ2n) is 4.82. The second-order valence-corrected chi connectivity index (χ2v) is 5.58. The Kier molecular flexibility index (Phi) is 3.37. The molecule has 2 heterocycles. The highest BCUT2D eigenvalue weighted by Crippen LogP contribution is 2.33. The maximum Gasteiger partial charge on any atom is 0.328 e. The highest BCUT2D eigenvalue weighted by molar-refractivity contribution is 7.10. The summed E-state index contributed by atoms with van der Waals surface area (Å²) < 4.78 is 7.48. The molecule has 0 saturated heterocycles. The molecule has 0 amide bonds. The number of nitrogens with one attached hydrogen (secondary N) is 1. The van der Waals surface area contributed by atoms with Crippen LogP contribution in [0.15, 0.2) is 17.2 Å². The third kappa shape index (κ3) is 2.56. The zero-order chi connectivity index (χ0) is 13.2. The molecule has 0 aromatic carbocycles. The summed E-state index contributed by atoms with van der Waals surface area (Å²) >= 11 is 1.35. The topological polar surface area (TPSA) is 64.7 Å². The summed E-state index contributed by atoms with van der Waals surface area (Å²) in [6.45, 7) is 3.50. The molecule has 0 unspecified atom stereocenters. The standard InChI is InChI=1S/C12H17N5OS/c1-2-5-13-11-10(14-15-19-11)8-16-6-7-17(12(16)18)9-3-4-9/h6-7,9,13H,2-5,8H2,1H3. The summed E-state index contributed by atoms with van der Waals surface area (Å²) in [6, 6.07) is 0.417. The minimum Gasteiger partial charge on any atom is -0.374 e. The molecule has 3 rings (SSSR count). The first kappa shape index (κ1) is 12.4. The van der Waals surface area contributed by atoms with Gasteiger partial charge in [-0.15, -0.1) is 5.10 Å². The van der Waals surface area contributed by atoms with Crippen LogP contribution in [-0.4, -0.2) is 25.3 Å². The van der Waals surface area contributed by atoms with E-state index in [0.717, 1.165) is 36.5 Å². The molecular weight excluding hydrogens is 262 g/mol. The summed E-state index contributed by atoms with van der Waals surface area (Å²) in [5.74, 6) is 0. The maximum atomic E-state index is 12.2. The van der Waals surface area contributed by atoms with E-state index in [1.807, 2.05) is 17.0 Å². The van der Waals surface area contributed by atoms with Crippen molar-refractivity contribution in [2.24, 2.45) is 0 Å². The van der Waals surface area contributed by atoms with Crippen molar-refractivity contribution in [3.8, 4) is 0 Å². The van der Waals surface area contributed by atoms with Crippen molar-refractivity contribution < 1.29 is 0 Å². The number of anilines is 1. The lowest BCUT2D eigenvalue weighted by Gasteiger charge is -2.03. The van der Waals surface area contributed by atoms with Gasteiger partial charge in [-0.05, 0) is 19.3 Å². The molecule has 1 aliphatic carbocycles. The van der Waals surface area contributed by atoms with Gasteiger partial charge in [-0.1, -0.05) is 11.4 Å².